The number of hydrogen-bond acceptors (Lipinski definition) is 3. The number of alkyl halides is 2. The van der Waals surface area contributed by atoms with E-state index in [0.717, 1.165) is 25.7 Å². The van der Waals surface area contributed by atoms with E-state index in [1.54, 1.807) is 0 Å². The Kier molecular flexibility index (Phi) is 5.72. The summed E-state index contributed by atoms with van der Waals surface area (Å²) in [5.41, 5.74) is 0. The van der Waals surface area contributed by atoms with Gasteiger partial charge in [0, 0.05) is 20.1 Å². The molecule has 0 heterocycles. The predicted octanol–water partition coefficient (Wildman–Crippen LogP) is 4.59. The van der Waals surface area contributed by atoms with Gasteiger partial charge in [0.25, 0.3) is 0 Å². The number of halogens is 4. The smallest absolute Gasteiger partial charge is 0.220 e. The van der Waals surface area contributed by atoms with Crippen LogP contribution in [0.4, 0.5) is 0 Å². The number of hydrogen-bond donors (Lipinski definition) is 1. The van der Waals surface area contributed by atoms with Gasteiger partial charge in [0.2, 0.25) is 5.79 Å². The fourth-order valence-electron chi connectivity index (χ4n) is 3.92. The molecule has 4 atom stereocenters. The van der Waals surface area contributed by atoms with Crippen molar-refractivity contribution in [1.29, 1.82) is 0 Å². The van der Waals surface area contributed by atoms with E-state index in [-0.39, 0.29) is 10.1 Å². The summed E-state index contributed by atoms with van der Waals surface area (Å²) in [5.74, 6) is -1.88. The molecule has 2 aliphatic rings. The lowest BCUT2D eigenvalue weighted by Crippen LogP contribution is -2.58. The first-order valence-electron chi connectivity index (χ1n) is 7.51. The molecule has 0 aromatic heterocycles. The molecular weight excluding hydrogens is 370 g/mol. The lowest BCUT2D eigenvalue weighted by Gasteiger charge is -2.41. The molecule has 2 rings (SSSR count). The molecule has 0 aromatic carbocycles. The summed E-state index contributed by atoms with van der Waals surface area (Å²) >= 11 is 26.2. The predicted molar refractivity (Wildman–Crippen MR) is 90.9 cm³/mol. The van der Waals surface area contributed by atoms with E-state index < -0.39 is 27.6 Å². The van der Waals surface area contributed by atoms with Crippen LogP contribution in [0.15, 0.2) is 10.1 Å². The van der Waals surface area contributed by atoms with Gasteiger partial charge in [-0.15, -0.1) is 23.2 Å². The number of aliphatic hydroxyl groups is 1. The van der Waals surface area contributed by atoms with Crippen molar-refractivity contribution in [2.75, 3.05) is 14.2 Å². The average molecular weight is 392 g/mol. The molecule has 2 aliphatic carbocycles. The molecule has 0 spiro atoms. The first kappa shape index (κ1) is 19.1. The van der Waals surface area contributed by atoms with E-state index >= 15 is 0 Å². The van der Waals surface area contributed by atoms with Gasteiger partial charge in [-0.1, -0.05) is 55.8 Å². The van der Waals surface area contributed by atoms with Crippen LogP contribution in [0.2, 0.25) is 0 Å². The SMILES string of the molecule is CCCCCC[C@@H]1[C@H](O)[C@]2(Cl)C(Cl)=C(Cl)[C@@]1(Cl)C2(OC)OC. The fraction of sp³-hybridized carbons (Fsp3) is 0.867. The minimum atomic E-state index is -1.49. The topological polar surface area (TPSA) is 38.7 Å². The largest absolute Gasteiger partial charge is 0.390 e. The van der Waals surface area contributed by atoms with Crippen molar-refractivity contribution >= 4 is 46.4 Å². The highest BCUT2D eigenvalue weighted by Gasteiger charge is 2.84. The van der Waals surface area contributed by atoms with E-state index in [1.807, 2.05) is 0 Å². The van der Waals surface area contributed by atoms with Gasteiger partial charge in [-0.05, 0) is 6.42 Å². The lowest BCUT2D eigenvalue weighted by atomic mass is 9.85. The highest BCUT2D eigenvalue weighted by Crippen LogP contribution is 2.72. The third-order valence-corrected chi connectivity index (χ3v) is 7.68. The first-order valence-corrected chi connectivity index (χ1v) is 9.03. The summed E-state index contributed by atoms with van der Waals surface area (Å²) in [4.78, 5) is -2.78. The lowest BCUT2D eigenvalue weighted by molar-refractivity contribution is -0.222. The van der Waals surface area contributed by atoms with Crippen molar-refractivity contribution in [3.05, 3.63) is 10.1 Å². The number of methoxy groups -OCH3 is 2. The molecule has 0 amide bonds. The summed E-state index contributed by atoms with van der Waals surface area (Å²) in [5, 5.41) is 11.1. The van der Waals surface area contributed by atoms with Gasteiger partial charge in [0.1, 0.15) is 4.87 Å². The molecule has 1 saturated carbocycles. The summed E-state index contributed by atoms with van der Waals surface area (Å²) in [6.07, 6.45) is 3.92. The third kappa shape index (κ3) is 2.06. The van der Waals surface area contributed by atoms with Crippen molar-refractivity contribution in [2.45, 2.75) is 60.7 Å². The molecule has 22 heavy (non-hydrogen) atoms. The second kappa shape index (κ2) is 6.59. The number of ether oxygens (including phenoxy) is 2. The van der Waals surface area contributed by atoms with Crippen LogP contribution in [0.1, 0.15) is 39.0 Å². The Morgan fingerprint density at radius 2 is 1.55 bits per heavy atom. The molecule has 128 valence electrons. The zero-order chi connectivity index (χ0) is 16.8. The Morgan fingerprint density at radius 1 is 1.00 bits per heavy atom. The molecule has 0 aliphatic heterocycles. The van der Waals surface area contributed by atoms with E-state index in [0.29, 0.717) is 6.42 Å². The van der Waals surface area contributed by atoms with E-state index in [1.165, 1.54) is 14.2 Å². The highest BCUT2D eigenvalue weighted by molar-refractivity contribution is 6.52. The fourth-order valence-corrected chi connectivity index (χ4v) is 6.04. The minimum Gasteiger partial charge on any atom is -0.390 e. The van der Waals surface area contributed by atoms with Crippen molar-refractivity contribution in [2.24, 2.45) is 5.92 Å². The number of aliphatic hydroxyl groups excluding tert-OH is 1. The quantitative estimate of drug-likeness (QED) is 0.391. The maximum Gasteiger partial charge on any atom is 0.220 e. The average Bonchev–Trinajstić information content (AvgIpc) is 2.74. The van der Waals surface area contributed by atoms with Crippen molar-refractivity contribution in [3.8, 4) is 0 Å². The molecule has 3 nitrogen and oxygen atoms in total. The Balaban J connectivity index is 2.40. The molecule has 0 radical (unpaired) electrons. The van der Waals surface area contributed by atoms with Crippen molar-refractivity contribution in [1.82, 2.24) is 0 Å². The van der Waals surface area contributed by atoms with Gasteiger partial charge >= 0.3 is 0 Å². The molecule has 2 bridgehead atoms. The van der Waals surface area contributed by atoms with Crippen LogP contribution < -0.4 is 0 Å². The van der Waals surface area contributed by atoms with Gasteiger partial charge < -0.3 is 14.6 Å². The Morgan fingerprint density at radius 3 is 2.00 bits per heavy atom. The van der Waals surface area contributed by atoms with Crippen LogP contribution >= 0.6 is 46.4 Å². The van der Waals surface area contributed by atoms with Crippen LogP contribution in [0, 0.1) is 5.92 Å². The number of rotatable bonds is 7. The maximum atomic E-state index is 10.8. The van der Waals surface area contributed by atoms with Crippen molar-refractivity contribution in [3.63, 3.8) is 0 Å². The molecule has 0 saturated heterocycles. The Hall–Kier alpha value is 0.780. The van der Waals surface area contributed by atoms with Crippen LogP contribution in [0.25, 0.3) is 0 Å². The highest BCUT2D eigenvalue weighted by atomic mass is 35.5. The summed E-state index contributed by atoms with van der Waals surface area (Å²) in [7, 11) is 2.87. The molecule has 1 fully saturated rings. The minimum absolute atomic E-state index is 0.104. The zero-order valence-electron chi connectivity index (χ0n) is 13.0. The molecule has 1 N–H and O–H groups in total. The zero-order valence-corrected chi connectivity index (χ0v) is 16.0. The second-order valence-corrected chi connectivity index (χ2v) is 7.93. The number of unbranched alkanes of at least 4 members (excludes halogenated alkanes) is 3. The summed E-state index contributed by atoms with van der Waals surface area (Å²) in [6, 6.07) is 0. The normalized spacial score (nSPS) is 39.8. The summed E-state index contributed by atoms with van der Waals surface area (Å²) in [6.45, 7) is 2.14. The van der Waals surface area contributed by atoms with E-state index in [9.17, 15) is 5.11 Å². The van der Waals surface area contributed by atoms with Gasteiger partial charge in [-0.3, -0.25) is 0 Å². The van der Waals surface area contributed by atoms with Crippen LogP contribution in [-0.4, -0.2) is 41.0 Å². The van der Waals surface area contributed by atoms with Crippen LogP contribution in [0.3, 0.4) is 0 Å². The standard InChI is InChI=1S/C15H22Cl4O3/c1-4-5-6-7-8-9-12(20)14(19)11(17)10(16)13(9,18)15(14,21-2)22-3/h9,12,20H,4-8H2,1-3H3/t9-,12+,13-,14-/m1/s1. The Bertz CT molecular complexity index is 466. The van der Waals surface area contributed by atoms with E-state index in [2.05, 4.69) is 6.92 Å². The van der Waals surface area contributed by atoms with Gasteiger partial charge in [-0.25, -0.2) is 0 Å². The molecule has 7 heteroatoms. The maximum absolute atomic E-state index is 10.8. The Labute approximate surface area is 151 Å². The van der Waals surface area contributed by atoms with E-state index in [4.69, 9.17) is 55.9 Å². The van der Waals surface area contributed by atoms with Crippen molar-refractivity contribution < 1.29 is 14.6 Å². The van der Waals surface area contributed by atoms with Gasteiger partial charge in [0.15, 0.2) is 4.87 Å². The monoisotopic (exact) mass is 390 g/mol. The molecule has 0 unspecified atom stereocenters. The summed E-state index contributed by atoms with van der Waals surface area (Å²) < 4.78 is 11.1. The van der Waals surface area contributed by atoms with Crippen LogP contribution in [0.5, 0.6) is 0 Å². The molecule has 0 aromatic rings. The molecular formula is C15H22Cl4O3. The van der Waals surface area contributed by atoms with Crippen LogP contribution in [-0.2, 0) is 9.47 Å². The number of fused-ring (bicyclic) bond motifs is 2. The second-order valence-electron chi connectivity index (χ2n) is 5.98. The first-order chi connectivity index (χ1) is 10.3. The van der Waals surface area contributed by atoms with Gasteiger partial charge in [0.05, 0.1) is 16.2 Å². The third-order valence-electron chi connectivity index (χ3n) is 5.03. The van der Waals surface area contributed by atoms with Gasteiger partial charge in [-0.2, -0.15) is 0 Å².